The van der Waals surface area contributed by atoms with Gasteiger partial charge in [-0.3, -0.25) is 0 Å². The zero-order valence-corrected chi connectivity index (χ0v) is 10.6. The lowest BCUT2D eigenvalue weighted by Crippen LogP contribution is -2.22. The van der Waals surface area contributed by atoms with Crippen molar-refractivity contribution in [3.8, 4) is 17.2 Å². The van der Waals surface area contributed by atoms with Gasteiger partial charge >= 0.3 is 0 Å². The second-order valence-electron chi connectivity index (χ2n) is 5.22. The largest absolute Gasteiger partial charge is 0.508 e. The Morgan fingerprint density at radius 2 is 1.89 bits per heavy atom. The number of phenolic OH excluding ortho intramolecular Hbond substituents is 1. The molecule has 96 valence electrons. The number of aromatic hydroxyl groups is 1. The highest BCUT2D eigenvalue weighted by atomic mass is 16.5. The first-order valence-corrected chi connectivity index (χ1v) is 6.45. The SMILES string of the molecule is Cc1ccc2c(c1)OC1c3ccc(O)cc3OCC21. The highest BCUT2D eigenvalue weighted by molar-refractivity contribution is 5.51. The third-order valence-electron chi connectivity index (χ3n) is 3.91. The Morgan fingerprint density at radius 3 is 2.79 bits per heavy atom. The Morgan fingerprint density at radius 1 is 1.05 bits per heavy atom. The molecule has 0 aliphatic carbocycles. The Bertz CT molecular complexity index is 663. The predicted octanol–water partition coefficient (Wildman–Crippen LogP) is 3.31. The van der Waals surface area contributed by atoms with Crippen LogP contribution in [0.1, 0.15) is 28.7 Å². The molecule has 4 rings (SSSR count). The van der Waals surface area contributed by atoms with Gasteiger partial charge in [0, 0.05) is 17.2 Å². The van der Waals surface area contributed by atoms with E-state index in [1.165, 1.54) is 11.1 Å². The first-order chi connectivity index (χ1) is 9.22. The van der Waals surface area contributed by atoms with E-state index in [4.69, 9.17) is 9.47 Å². The van der Waals surface area contributed by atoms with Gasteiger partial charge in [-0.05, 0) is 30.7 Å². The Labute approximate surface area is 111 Å². The van der Waals surface area contributed by atoms with Crippen molar-refractivity contribution in [1.82, 2.24) is 0 Å². The quantitative estimate of drug-likeness (QED) is 0.784. The van der Waals surface area contributed by atoms with Gasteiger partial charge in [0.2, 0.25) is 0 Å². The van der Waals surface area contributed by atoms with Crippen molar-refractivity contribution in [1.29, 1.82) is 0 Å². The van der Waals surface area contributed by atoms with Gasteiger partial charge < -0.3 is 14.6 Å². The van der Waals surface area contributed by atoms with E-state index in [1.807, 2.05) is 6.07 Å². The van der Waals surface area contributed by atoms with Crippen molar-refractivity contribution in [3.63, 3.8) is 0 Å². The first kappa shape index (κ1) is 10.7. The van der Waals surface area contributed by atoms with Crippen LogP contribution in [0, 0.1) is 6.92 Å². The van der Waals surface area contributed by atoms with Crippen LogP contribution in [0.2, 0.25) is 0 Å². The number of ether oxygens (including phenoxy) is 2. The van der Waals surface area contributed by atoms with E-state index in [-0.39, 0.29) is 17.8 Å². The molecule has 2 aromatic carbocycles. The molecular weight excluding hydrogens is 240 g/mol. The number of hydrogen-bond donors (Lipinski definition) is 1. The highest BCUT2D eigenvalue weighted by Crippen LogP contribution is 2.51. The summed E-state index contributed by atoms with van der Waals surface area (Å²) in [7, 11) is 0. The molecule has 0 spiro atoms. The summed E-state index contributed by atoms with van der Waals surface area (Å²) in [5.41, 5.74) is 3.43. The minimum Gasteiger partial charge on any atom is -0.508 e. The zero-order valence-electron chi connectivity index (χ0n) is 10.6. The Balaban J connectivity index is 1.81. The molecule has 19 heavy (non-hydrogen) atoms. The third kappa shape index (κ3) is 1.51. The molecule has 2 heterocycles. The molecule has 1 N–H and O–H groups in total. The fourth-order valence-corrected chi connectivity index (χ4v) is 2.95. The van der Waals surface area contributed by atoms with Crippen LogP contribution in [0.3, 0.4) is 0 Å². The molecule has 2 aliphatic rings. The van der Waals surface area contributed by atoms with Crippen molar-refractivity contribution < 1.29 is 14.6 Å². The Hall–Kier alpha value is -2.16. The number of phenols is 1. The van der Waals surface area contributed by atoms with Gasteiger partial charge in [0.15, 0.2) is 0 Å². The predicted molar refractivity (Wildman–Crippen MR) is 70.9 cm³/mol. The van der Waals surface area contributed by atoms with Crippen LogP contribution in [0.25, 0.3) is 0 Å². The zero-order chi connectivity index (χ0) is 13.0. The molecule has 2 aliphatic heterocycles. The molecule has 2 unspecified atom stereocenters. The van der Waals surface area contributed by atoms with Crippen LogP contribution >= 0.6 is 0 Å². The number of fused-ring (bicyclic) bond motifs is 5. The minimum absolute atomic E-state index is 0.00106. The normalized spacial score (nSPS) is 22.8. The molecule has 0 fully saturated rings. The maximum absolute atomic E-state index is 9.52. The molecule has 2 aromatic rings. The van der Waals surface area contributed by atoms with Crippen molar-refractivity contribution in [2.45, 2.75) is 18.9 Å². The molecule has 0 radical (unpaired) electrons. The van der Waals surface area contributed by atoms with E-state index in [1.54, 1.807) is 12.1 Å². The molecule has 2 atom stereocenters. The molecule has 0 amide bonds. The Kier molecular flexibility index (Phi) is 2.07. The monoisotopic (exact) mass is 254 g/mol. The van der Waals surface area contributed by atoms with Crippen LogP contribution < -0.4 is 9.47 Å². The number of aryl methyl sites for hydroxylation is 1. The number of hydrogen-bond acceptors (Lipinski definition) is 3. The van der Waals surface area contributed by atoms with Crippen LogP contribution in [-0.2, 0) is 0 Å². The average molecular weight is 254 g/mol. The summed E-state index contributed by atoms with van der Waals surface area (Å²) in [6.07, 6.45) is 0.00106. The van der Waals surface area contributed by atoms with Gasteiger partial charge in [-0.25, -0.2) is 0 Å². The molecule has 0 saturated heterocycles. The third-order valence-corrected chi connectivity index (χ3v) is 3.91. The maximum Gasteiger partial charge on any atom is 0.138 e. The average Bonchev–Trinajstić information content (AvgIpc) is 2.75. The fourth-order valence-electron chi connectivity index (χ4n) is 2.95. The smallest absolute Gasteiger partial charge is 0.138 e. The number of benzene rings is 2. The van der Waals surface area contributed by atoms with Gasteiger partial charge in [0.25, 0.3) is 0 Å². The van der Waals surface area contributed by atoms with E-state index in [0.717, 1.165) is 17.1 Å². The van der Waals surface area contributed by atoms with E-state index in [9.17, 15) is 5.11 Å². The summed E-state index contributed by atoms with van der Waals surface area (Å²) in [4.78, 5) is 0. The summed E-state index contributed by atoms with van der Waals surface area (Å²) >= 11 is 0. The molecule has 0 bridgehead atoms. The van der Waals surface area contributed by atoms with Gasteiger partial charge in [0.05, 0.1) is 12.5 Å². The van der Waals surface area contributed by atoms with Gasteiger partial charge in [-0.2, -0.15) is 0 Å². The highest BCUT2D eigenvalue weighted by Gasteiger charge is 2.40. The first-order valence-electron chi connectivity index (χ1n) is 6.45. The summed E-state index contributed by atoms with van der Waals surface area (Å²) in [6, 6.07) is 11.5. The summed E-state index contributed by atoms with van der Waals surface area (Å²) in [5, 5.41) is 9.52. The summed E-state index contributed by atoms with van der Waals surface area (Å²) < 4.78 is 11.9. The van der Waals surface area contributed by atoms with Crippen LogP contribution in [0.15, 0.2) is 36.4 Å². The molecule has 0 saturated carbocycles. The van der Waals surface area contributed by atoms with Crippen LogP contribution in [-0.4, -0.2) is 11.7 Å². The molecular formula is C16H14O3. The fraction of sp³-hybridized carbons (Fsp3) is 0.250. The van der Waals surface area contributed by atoms with Gasteiger partial charge in [-0.15, -0.1) is 0 Å². The van der Waals surface area contributed by atoms with Crippen molar-refractivity contribution in [3.05, 3.63) is 53.1 Å². The minimum atomic E-state index is 0.00106. The van der Waals surface area contributed by atoms with E-state index in [2.05, 4.69) is 25.1 Å². The summed E-state index contributed by atoms with van der Waals surface area (Å²) in [6.45, 7) is 2.66. The van der Waals surface area contributed by atoms with Crippen LogP contribution in [0.4, 0.5) is 0 Å². The van der Waals surface area contributed by atoms with E-state index >= 15 is 0 Å². The maximum atomic E-state index is 9.52. The van der Waals surface area contributed by atoms with E-state index in [0.29, 0.717) is 6.61 Å². The lowest BCUT2D eigenvalue weighted by molar-refractivity contribution is 0.139. The molecule has 0 aromatic heterocycles. The van der Waals surface area contributed by atoms with Crippen molar-refractivity contribution in [2.24, 2.45) is 0 Å². The van der Waals surface area contributed by atoms with Gasteiger partial charge in [0.1, 0.15) is 23.4 Å². The number of rotatable bonds is 0. The standard InChI is InChI=1S/C16H14O3/c1-9-2-4-11-13-8-18-14-7-10(17)3-5-12(14)16(13)19-15(11)6-9/h2-7,13,16-17H,8H2,1H3. The van der Waals surface area contributed by atoms with Crippen molar-refractivity contribution in [2.75, 3.05) is 6.61 Å². The summed E-state index contributed by atoms with van der Waals surface area (Å²) in [5.74, 6) is 2.15. The lowest BCUT2D eigenvalue weighted by Gasteiger charge is -2.27. The van der Waals surface area contributed by atoms with Gasteiger partial charge in [-0.1, -0.05) is 12.1 Å². The molecule has 3 nitrogen and oxygen atoms in total. The van der Waals surface area contributed by atoms with Crippen LogP contribution in [0.5, 0.6) is 17.2 Å². The second-order valence-corrected chi connectivity index (χ2v) is 5.22. The second kappa shape index (κ2) is 3.67. The molecule has 3 heteroatoms. The van der Waals surface area contributed by atoms with E-state index < -0.39 is 0 Å². The topological polar surface area (TPSA) is 38.7 Å². The lowest BCUT2D eigenvalue weighted by atomic mass is 9.89. The van der Waals surface area contributed by atoms with Crippen molar-refractivity contribution >= 4 is 0 Å².